The second-order valence-electron chi connectivity index (χ2n) is 4.12. The minimum Gasteiger partial charge on any atom is -0.307 e. The molecule has 0 spiro atoms. The topological polar surface area (TPSA) is 41.1 Å². The average Bonchev–Trinajstić information content (AvgIpc) is 2.38. The quantitative estimate of drug-likeness (QED) is 0.797. The van der Waals surface area contributed by atoms with Gasteiger partial charge in [-0.15, -0.1) is 0 Å². The molecule has 2 N–H and O–H groups in total. The standard InChI is InChI=1S/C14H11Cl2FN2O/c1-8-11(17)3-2-4-12(8)18-14(20)19-13-6-5-9(15)7-10(13)16/h2-7H,1H3,(H2,18,19,20). The predicted molar refractivity (Wildman–Crippen MR) is 80.2 cm³/mol. The maximum atomic E-state index is 13.4. The van der Waals surface area contributed by atoms with Crippen LogP contribution >= 0.6 is 23.2 Å². The molecule has 0 aromatic heterocycles. The van der Waals surface area contributed by atoms with E-state index in [2.05, 4.69) is 10.6 Å². The number of urea groups is 1. The summed E-state index contributed by atoms with van der Waals surface area (Å²) in [5, 5.41) is 5.93. The van der Waals surface area contributed by atoms with Crippen LogP contribution < -0.4 is 10.6 Å². The van der Waals surface area contributed by atoms with Crippen molar-refractivity contribution in [3.05, 3.63) is 57.8 Å². The van der Waals surface area contributed by atoms with Crippen LogP contribution in [0.5, 0.6) is 0 Å². The van der Waals surface area contributed by atoms with Crippen LogP contribution in [0.15, 0.2) is 36.4 Å². The van der Waals surface area contributed by atoms with E-state index in [0.717, 1.165) is 0 Å². The third-order valence-electron chi connectivity index (χ3n) is 2.70. The Morgan fingerprint density at radius 3 is 2.50 bits per heavy atom. The van der Waals surface area contributed by atoms with E-state index in [0.29, 0.717) is 27.0 Å². The fourth-order valence-corrected chi connectivity index (χ4v) is 2.07. The molecule has 0 heterocycles. The lowest BCUT2D eigenvalue weighted by Crippen LogP contribution is -2.20. The van der Waals surface area contributed by atoms with E-state index in [1.807, 2.05) is 0 Å². The van der Waals surface area contributed by atoms with E-state index in [-0.39, 0.29) is 5.82 Å². The zero-order chi connectivity index (χ0) is 14.7. The van der Waals surface area contributed by atoms with Crippen LogP contribution in [-0.2, 0) is 0 Å². The average molecular weight is 313 g/mol. The normalized spacial score (nSPS) is 10.2. The summed E-state index contributed by atoms with van der Waals surface area (Å²) >= 11 is 11.7. The lowest BCUT2D eigenvalue weighted by atomic mass is 10.2. The lowest BCUT2D eigenvalue weighted by molar-refractivity contribution is 0.262. The third kappa shape index (κ3) is 3.40. The number of hydrogen-bond acceptors (Lipinski definition) is 1. The van der Waals surface area contributed by atoms with Crippen molar-refractivity contribution < 1.29 is 9.18 Å². The summed E-state index contributed by atoms with van der Waals surface area (Å²) in [5.74, 6) is -0.382. The van der Waals surface area contributed by atoms with Crippen molar-refractivity contribution in [1.29, 1.82) is 0 Å². The van der Waals surface area contributed by atoms with Crippen LogP contribution in [0.2, 0.25) is 10.0 Å². The maximum absolute atomic E-state index is 13.4. The van der Waals surface area contributed by atoms with Gasteiger partial charge in [0, 0.05) is 16.3 Å². The summed E-state index contributed by atoms with van der Waals surface area (Å²) in [7, 11) is 0. The van der Waals surface area contributed by atoms with Gasteiger partial charge in [-0.25, -0.2) is 9.18 Å². The Balaban J connectivity index is 2.11. The molecule has 0 aliphatic carbocycles. The molecule has 2 aromatic carbocycles. The molecule has 0 fully saturated rings. The van der Waals surface area contributed by atoms with Crippen LogP contribution in [0.4, 0.5) is 20.6 Å². The van der Waals surface area contributed by atoms with Gasteiger partial charge >= 0.3 is 6.03 Å². The van der Waals surface area contributed by atoms with Gasteiger partial charge in [0.25, 0.3) is 0 Å². The molecule has 0 unspecified atom stereocenters. The molecule has 0 saturated carbocycles. The van der Waals surface area contributed by atoms with Crippen LogP contribution in [0.3, 0.4) is 0 Å². The molecule has 2 aromatic rings. The molecule has 2 rings (SSSR count). The van der Waals surface area contributed by atoms with E-state index in [9.17, 15) is 9.18 Å². The van der Waals surface area contributed by atoms with Gasteiger partial charge in [0.1, 0.15) is 5.82 Å². The Hall–Kier alpha value is -1.78. The second kappa shape index (κ2) is 6.11. The highest BCUT2D eigenvalue weighted by molar-refractivity contribution is 6.36. The number of carbonyl (C=O) groups excluding carboxylic acids is 1. The van der Waals surface area contributed by atoms with E-state index < -0.39 is 6.03 Å². The lowest BCUT2D eigenvalue weighted by Gasteiger charge is -2.11. The SMILES string of the molecule is Cc1c(F)cccc1NC(=O)Nc1ccc(Cl)cc1Cl. The second-order valence-corrected chi connectivity index (χ2v) is 4.96. The van der Waals surface area contributed by atoms with Crippen molar-refractivity contribution in [2.75, 3.05) is 10.6 Å². The summed E-state index contributed by atoms with van der Waals surface area (Å²) in [6.45, 7) is 1.58. The molecule has 0 aliphatic rings. The highest BCUT2D eigenvalue weighted by Crippen LogP contribution is 2.25. The molecule has 0 radical (unpaired) electrons. The number of anilines is 2. The van der Waals surface area contributed by atoms with Crippen LogP contribution in [0.25, 0.3) is 0 Å². The van der Waals surface area contributed by atoms with Crippen molar-refractivity contribution >= 4 is 40.6 Å². The van der Waals surface area contributed by atoms with Gasteiger partial charge in [-0.05, 0) is 37.3 Å². The maximum Gasteiger partial charge on any atom is 0.323 e. The van der Waals surface area contributed by atoms with Gasteiger partial charge in [-0.1, -0.05) is 29.3 Å². The summed E-state index contributed by atoms with van der Waals surface area (Å²) in [5.41, 5.74) is 1.18. The molecule has 0 aliphatic heterocycles. The number of hydrogen-bond donors (Lipinski definition) is 2. The fourth-order valence-electron chi connectivity index (χ4n) is 1.61. The molecule has 0 atom stereocenters. The first kappa shape index (κ1) is 14.6. The van der Waals surface area contributed by atoms with E-state index in [1.54, 1.807) is 25.1 Å². The number of carbonyl (C=O) groups is 1. The molecule has 0 bridgehead atoms. The van der Waals surface area contributed by atoms with Crippen LogP contribution in [-0.4, -0.2) is 6.03 Å². The molecular formula is C14H11Cl2FN2O. The molecule has 0 saturated heterocycles. The van der Waals surface area contributed by atoms with Crippen LogP contribution in [0.1, 0.15) is 5.56 Å². The first-order chi connectivity index (χ1) is 9.47. The summed E-state index contributed by atoms with van der Waals surface area (Å²) in [4.78, 5) is 11.8. The highest BCUT2D eigenvalue weighted by atomic mass is 35.5. The largest absolute Gasteiger partial charge is 0.323 e. The molecule has 3 nitrogen and oxygen atoms in total. The number of amides is 2. The number of benzene rings is 2. The highest BCUT2D eigenvalue weighted by Gasteiger charge is 2.09. The Morgan fingerprint density at radius 2 is 1.80 bits per heavy atom. The summed E-state index contributed by atoms with van der Waals surface area (Å²) < 4.78 is 13.4. The Bertz CT molecular complexity index is 662. The number of rotatable bonds is 2. The third-order valence-corrected chi connectivity index (χ3v) is 3.24. The zero-order valence-corrected chi connectivity index (χ0v) is 12.0. The zero-order valence-electron chi connectivity index (χ0n) is 10.5. The van der Waals surface area contributed by atoms with Crippen molar-refractivity contribution in [2.24, 2.45) is 0 Å². The van der Waals surface area contributed by atoms with Gasteiger partial charge < -0.3 is 10.6 Å². The van der Waals surface area contributed by atoms with Crippen LogP contribution in [0, 0.1) is 12.7 Å². The van der Waals surface area contributed by atoms with Gasteiger partial charge in [0.15, 0.2) is 0 Å². The minimum atomic E-state index is -0.511. The number of nitrogens with one attached hydrogen (secondary N) is 2. The monoisotopic (exact) mass is 312 g/mol. The minimum absolute atomic E-state index is 0.323. The molecule has 20 heavy (non-hydrogen) atoms. The first-order valence-electron chi connectivity index (χ1n) is 5.75. The Morgan fingerprint density at radius 1 is 1.10 bits per heavy atom. The Kier molecular flexibility index (Phi) is 4.47. The van der Waals surface area contributed by atoms with Crippen molar-refractivity contribution in [3.8, 4) is 0 Å². The van der Waals surface area contributed by atoms with Crippen molar-refractivity contribution in [2.45, 2.75) is 6.92 Å². The summed E-state index contributed by atoms with van der Waals surface area (Å²) in [6.07, 6.45) is 0. The smallest absolute Gasteiger partial charge is 0.307 e. The van der Waals surface area contributed by atoms with Gasteiger partial charge in [0.2, 0.25) is 0 Å². The fraction of sp³-hybridized carbons (Fsp3) is 0.0714. The molecular weight excluding hydrogens is 302 g/mol. The molecule has 2 amide bonds. The van der Waals surface area contributed by atoms with E-state index in [1.165, 1.54) is 18.2 Å². The molecule has 6 heteroatoms. The first-order valence-corrected chi connectivity index (χ1v) is 6.51. The van der Waals surface area contributed by atoms with Gasteiger partial charge in [0.05, 0.1) is 10.7 Å². The van der Waals surface area contributed by atoms with E-state index in [4.69, 9.17) is 23.2 Å². The van der Waals surface area contributed by atoms with Crippen molar-refractivity contribution in [1.82, 2.24) is 0 Å². The molecule has 104 valence electrons. The number of halogens is 3. The van der Waals surface area contributed by atoms with Crippen molar-refractivity contribution in [3.63, 3.8) is 0 Å². The van der Waals surface area contributed by atoms with Gasteiger partial charge in [-0.2, -0.15) is 0 Å². The van der Waals surface area contributed by atoms with E-state index >= 15 is 0 Å². The summed E-state index contributed by atoms with van der Waals surface area (Å²) in [6, 6.07) is 8.66. The predicted octanol–water partition coefficient (Wildman–Crippen LogP) is 5.08. The Labute approximate surface area is 125 Å². The van der Waals surface area contributed by atoms with Gasteiger partial charge in [-0.3, -0.25) is 0 Å².